The molecule has 4 atom stereocenters. The van der Waals surface area contributed by atoms with Crippen molar-refractivity contribution in [2.24, 2.45) is 10.7 Å². The van der Waals surface area contributed by atoms with Crippen LogP contribution in [0.4, 0.5) is 0 Å². The van der Waals surface area contributed by atoms with Crippen molar-refractivity contribution in [1.29, 1.82) is 0 Å². The van der Waals surface area contributed by atoms with E-state index in [1.165, 1.54) is 0 Å². The SMILES string of the molecule is C[C@H]1C[C@H](N2C(=O)CC(C)(C)N=C2N)c2cc(C(=O)CCC[C@@H]3c4ccccc4OC(C)(C)[C@H]3O)ccc21. The lowest BCUT2D eigenvalue weighted by Crippen LogP contribution is -2.50. The Labute approximate surface area is 225 Å². The van der Waals surface area contributed by atoms with Crippen LogP contribution in [0.3, 0.4) is 0 Å². The number of carbonyl (C=O) groups is 2. The van der Waals surface area contributed by atoms with Crippen LogP contribution < -0.4 is 10.5 Å². The molecule has 0 radical (unpaired) electrons. The molecule has 1 aliphatic carbocycles. The van der Waals surface area contributed by atoms with Gasteiger partial charge < -0.3 is 15.6 Å². The quantitative estimate of drug-likeness (QED) is 0.511. The third-order valence-corrected chi connectivity index (χ3v) is 8.41. The Bertz CT molecular complexity index is 1300. The number of aliphatic hydroxyl groups excluding tert-OH is 1. The first-order valence-electron chi connectivity index (χ1n) is 13.7. The van der Waals surface area contributed by atoms with Gasteiger partial charge in [-0.3, -0.25) is 14.5 Å². The highest BCUT2D eigenvalue weighted by Crippen LogP contribution is 2.46. The fraction of sp³-hybridized carbons (Fsp3) is 0.516. The van der Waals surface area contributed by atoms with Crippen molar-refractivity contribution in [3.05, 3.63) is 64.7 Å². The van der Waals surface area contributed by atoms with Crippen molar-refractivity contribution in [2.75, 3.05) is 0 Å². The maximum absolute atomic E-state index is 13.3. The summed E-state index contributed by atoms with van der Waals surface area (Å²) in [4.78, 5) is 32.6. The van der Waals surface area contributed by atoms with E-state index in [-0.39, 0.29) is 35.5 Å². The van der Waals surface area contributed by atoms with Crippen molar-refractivity contribution in [1.82, 2.24) is 4.90 Å². The second-order valence-corrected chi connectivity index (χ2v) is 12.3. The average molecular weight is 518 g/mol. The van der Waals surface area contributed by atoms with Crippen LogP contribution in [0.2, 0.25) is 0 Å². The number of para-hydroxylation sites is 1. The van der Waals surface area contributed by atoms with Gasteiger partial charge >= 0.3 is 0 Å². The summed E-state index contributed by atoms with van der Waals surface area (Å²) in [5.74, 6) is 1.26. The Balaban J connectivity index is 1.32. The summed E-state index contributed by atoms with van der Waals surface area (Å²) in [5, 5.41) is 11.0. The number of ketones is 1. The Kier molecular flexibility index (Phi) is 6.62. The summed E-state index contributed by atoms with van der Waals surface area (Å²) in [7, 11) is 0. The molecule has 1 amide bonds. The van der Waals surface area contributed by atoms with Gasteiger partial charge in [-0.15, -0.1) is 0 Å². The minimum Gasteiger partial charge on any atom is -0.485 e. The zero-order valence-corrected chi connectivity index (χ0v) is 23.0. The Morgan fingerprint density at radius 1 is 1.13 bits per heavy atom. The third-order valence-electron chi connectivity index (χ3n) is 8.41. The molecule has 3 N–H and O–H groups in total. The lowest BCUT2D eigenvalue weighted by molar-refractivity contribution is -0.131. The molecule has 0 saturated carbocycles. The van der Waals surface area contributed by atoms with Crippen molar-refractivity contribution in [3.63, 3.8) is 0 Å². The van der Waals surface area contributed by atoms with Gasteiger partial charge in [0.15, 0.2) is 11.7 Å². The fourth-order valence-electron chi connectivity index (χ4n) is 6.46. The van der Waals surface area contributed by atoms with E-state index in [9.17, 15) is 14.7 Å². The molecule has 2 aliphatic heterocycles. The summed E-state index contributed by atoms with van der Waals surface area (Å²) in [6.07, 6.45) is 2.13. The number of Topliss-reactive ketones (excluding diaryl/α,β-unsaturated/α-hetero) is 1. The van der Waals surface area contributed by atoms with Gasteiger partial charge in [0, 0.05) is 17.9 Å². The number of nitrogens with zero attached hydrogens (tertiary/aromatic N) is 2. The number of aliphatic hydroxyl groups is 1. The summed E-state index contributed by atoms with van der Waals surface area (Å²) < 4.78 is 6.03. The number of amides is 1. The fourth-order valence-corrected chi connectivity index (χ4v) is 6.46. The number of nitrogens with two attached hydrogens (primary N) is 1. The molecular formula is C31H39N3O4. The van der Waals surface area contributed by atoms with Gasteiger partial charge in [0.1, 0.15) is 17.5 Å². The van der Waals surface area contributed by atoms with Crippen LogP contribution in [0.5, 0.6) is 5.75 Å². The van der Waals surface area contributed by atoms with E-state index in [2.05, 4.69) is 11.9 Å². The van der Waals surface area contributed by atoms with E-state index in [1.807, 2.05) is 70.2 Å². The number of hydrogen-bond acceptors (Lipinski definition) is 6. The molecule has 7 heteroatoms. The number of carbonyl (C=O) groups excluding carboxylic acids is 2. The summed E-state index contributed by atoms with van der Waals surface area (Å²) in [5.41, 5.74) is 8.88. The zero-order chi connectivity index (χ0) is 27.4. The molecule has 0 saturated heterocycles. The van der Waals surface area contributed by atoms with E-state index in [0.29, 0.717) is 31.2 Å². The molecule has 202 valence electrons. The lowest BCUT2D eigenvalue weighted by atomic mass is 9.78. The first-order chi connectivity index (χ1) is 17.9. The predicted molar refractivity (Wildman–Crippen MR) is 147 cm³/mol. The Morgan fingerprint density at radius 3 is 2.61 bits per heavy atom. The first kappa shape index (κ1) is 26.4. The molecule has 0 bridgehead atoms. The molecule has 2 aromatic rings. The molecule has 38 heavy (non-hydrogen) atoms. The van der Waals surface area contributed by atoms with Crippen molar-refractivity contribution >= 4 is 17.6 Å². The molecule has 0 spiro atoms. The molecule has 0 unspecified atom stereocenters. The van der Waals surface area contributed by atoms with Gasteiger partial charge in [0.25, 0.3) is 0 Å². The molecular weight excluding hydrogens is 478 g/mol. The van der Waals surface area contributed by atoms with Crippen molar-refractivity contribution in [2.45, 2.75) is 102 Å². The molecule has 3 aliphatic rings. The lowest BCUT2D eigenvalue weighted by Gasteiger charge is -2.42. The third kappa shape index (κ3) is 4.73. The topological polar surface area (TPSA) is 105 Å². The molecule has 2 aromatic carbocycles. The Morgan fingerprint density at radius 2 is 1.87 bits per heavy atom. The highest BCUT2D eigenvalue weighted by Gasteiger charge is 2.43. The second-order valence-electron chi connectivity index (χ2n) is 12.3. The predicted octanol–water partition coefficient (Wildman–Crippen LogP) is 5.23. The standard InChI is InChI=1S/C31H39N3O4/c1-18-15-24(34-27(36)17-30(2,3)33-29(34)32)23-16-19(13-14-20(18)23)25(35)11-8-10-22-21-9-6-7-12-26(21)38-31(4,5)28(22)37/h6-7,9,12-14,16,18,22,24,28,37H,8,10-11,15,17H2,1-5H3,(H2,32,33)/t18-,22+,24-,28-/m0/s1. The van der Waals surface area contributed by atoms with Crippen LogP contribution in [-0.2, 0) is 4.79 Å². The highest BCUT2D eigenvalue weighted by molar-refractivity contribution is 6.00. The largest absolute Gasteiger partial charge is 0.485 e. The smallest absolute Gasteiger partial charge is 0.232 e. The number of fused-ring (bicyclic) bond motifs is 2. The van der Waals surface area contributed by atoms with Gasteiger partial charge in [-0.1, -0.05) is 37.3 Å². The monoisotopic (exact) mass is 517 g/mol. The number of rotatable bonds is 6. The molecule has 7 nitrogen and oxygen atoms in total. The average Bonchev–Trinajstić information content (AvgIpc) is 3.15. The van der Waals surface area contributed by atoms with Crippen molar-refractivity contribution < 1.29 is 19.4 Å². The van der Waals surface area contributed by atoms with Crippen LogP contribution in [0, 0.1) is 0 Å². The zero-order valence-electron chi connectivity index (χ0n) is 23.0. The van der Waals surface area contributed by atoms with Gasteiger partial charge in [-0.05, 0) is 81.7 Å². The van der Waals surface area contributed by atoms with Crippen LogP contribution in [0.1, 0.15) is 112 Å². The maximum atomic E-state index is 13.3. The number of aliphatic imine (C=N–C) groups is 1. The molecule has 0 aromatic heterocycles. The summed E-state index contributed by atoms with van der Waals surface area (Å²) in [6.45, 7) is 9.77. The molecule has 2 heterocycles. The molecule has 0 fully saturated rings. The minimum absolute atomic E-state index is 0.0255. The van der Waals surface area contributed by atoms with Crippen LogP contribution >= 0.6 is 0 Å². The minimum atomic E-state index is -0.693. The highest BCUT2D eigenvalue weighted by atomic mass is 16.5. The van der Waals surface area contributed by atoms with E-state index in [1.54, 1.807) is 4.90 Å². The summed E-state index contributed by atoms with van der Waals surface area (Å²) in [6, 6.07) is 13.5. The van der Waals surface area contributed by atoms with Crippen LogP contribution in [-0.4, -0.2) is 44.9 Å². The van der Waals surface area contributed by atoms with Gasteiger partial charge in [0.2, 0.25) is 5.91 Å². The van der Waals surface area contributed by atoms with E-state index >= 15 is 0 Å². The normalized spacial score (nSPS) is 27.3. The maximum Gasteiger partial charge on any atom is 0.232 e. The van der Waals surface area contributed by atoms with E-state index < -0.39 is 17.2 Å². The number of benzene rings is 2. The summed E-state index contributed by atoms with van der Waals surface area (Å²) >= 11 is 0. The number of ether oxygens (including phenoxy) is 1. The van der Waals surface area contributed by atoms with Crippen LogP contribution in [0.15, 0.2) is 47.5 Å². The molecule has 5 rings (SSSR count). The van der Waals surface area contributed by atoms with E-state index in [4.69, 9.17) is 10.5 Å². The second kappa shape index (κ2) is 9.53. The van der Waals surface area contributed by atoms with Gasteiger partial charge in [0.05, 0.1) is 18.0 Å². The first-order valence-corrected chi connectivity index (χ1v) is 13.7. The number of guanidine groups is 1. The van der Waals surface area contributed by atoms with Crippen LogP contribution in [0.25, 0.3) is 0 Å². The van der Waals surface area contributed by atoms with Crippen molar-refractivity contribution in [3.8, 4) is 5.75 Å². The van der Waals surface area contributed by atoms with Gasteiger partial charge in [-0.25, -0.2) is 4.99 Å². The number of hydrogen-bond donors (Lipinski definition) is 2. The van der Waals surface area contributed by atoms with Gasteiger partial charge in [-0.2, -0.15) is 0 Å². The van der Waals surface area contributed by atoms with E-state index in [0.717, 1.165) is 28.9 Å². The Hall–Kier alpha value is -3.19.